The number of amides is 2. The second-order valence-electron chi connectivity index (χ2n) is 5.21. The SMILES string of the molecule is O=C(Oc1ccccc1)N1CCC(N2CCOC2=O)CC1. The van der Waals surface area contributed by atoms with Crippen LogP contribution in [0, 0.1) is 0 Å². The van der Waals surface area contributed by atoms with Crippen molar-refractivity contribution in [1.82, 2.24) is 9.80 Å². The van der Waals surface area contributed by atoms with E-state index in [2.05, 4.69) is 0 Å². The molecule has 1 aromatic rings. The molecule has 2 amide bonds. The van der Waals surface area contributed by atoms with Gasteiger partial charge in [0.2, 0.25) is 0 Å². The van der Waals surface area contributed by atoms with Crippen molar-refractivity contribution in [3.63, 3.8) is 0 Å². The van der Waals surface area contributed by atoms with Crippen LogP contribution in [0.25, 0.3) is 0 Å². The Morgan fingerprint density at radius 1 is 1.14 bits per heavy atom. The van der Waals surface area contributed by atoms with E-state index in [-0.39, 0.29) is 18.2 Å². The Morgan fingerprint density at radius 3 is 2.48 bits per heavy atom. The topological polar surface area (TPSA) is 59.1 Å². The molecule has 0 N–H and O–H groups in total. The van der Waals surface area contributed by atoms with E-state index >= 15 is 0 Å². The number of hydrogen-bond acceptors (Lipinski definition) is 4. The lowest BCUT2D eigenvalue weighted by Gasteiger charge is -2.34. The zero-order valence-electron chi connectivity index (χ0n) is 11.7. The van der Waals surface area contributed by atoms with E-state index in [4.69, 9.17) is 9.47 Å². The van der Waals surface area contributed by atoms with Gasteiger partial charge in [0, 0.05) is 19.1 Å². The first-order valence-corrected chi connectivity index (χ1v) is 7.19. The standard InChI is InChI=1S/C15H18N2O4/c18-14(21-13-4-2-1-3-5-13)16-8-6-12(7-9-16)17-10-11-20-15(17)19/h1-5,12H,6-11H2. The molecule has 0 bridgehead atoms. The van der Waals surface area contributed by atoms with E-state index < -0.39 is 0 Å². The summed E-state index contributed by atoms with van der Waals surface area (Å²) in [5.41, 5.74) is 0. The summed E-state index contributed by atoms with van der Waals surface area (Å²) in [6.07, 6.45) is 0.960. The first-order chi connectivity index (χ1) is 10.2. The number of nitrogens with zero attached hydrogens (tertiary/aromatic N) is 2. The Balaban J connectivity index is 1.51. The maximum Gasteiger partial charge on any atom is 0.415 e. The summed E-state index contributed by atoms with van der Waals surface area (Å²) < 4.78 is 10.3. The van der Waals surface area contributed by atoms with Gasteiger partial charge in [-0.1, -0.05) is 18.2 Å². The van der Waals surface area contributed by atoms with Crippen LogP contribution in [0.15, 0.2) is 30.3 Å². The first kappa shape index (κ1) is 13.7. The van der Waals surface area contributed by atoms with Gasteiger partial charge in [0.25, 0.3) is 0 Å². The van der Waals surface area contributed by atoms with Crippen molar-refractivity contribution < 1.29 is 19.1 Å². The van der Waals surface area contributed by atoms with Crippen LogP contribution in [0.1, 0.15) is 12.8 Å². The fourth-order valence-electron chi connectivity index (χ4n) is 2.75. The average Bonchev–Trinajstić information content (AvgIpc) is 2.94. The molecule has 0 saturated carbocycles. The molecule has 0 unspecified atom stereocenters. The van der Waals surface area contributed by atoms with Crippen molar-refractivity contribution in [2.24, 2.45) is 0 Å². The lowest BCUT2D eigenvalue weighted by atomic mass is 10.0. The van der Waals surface area contributed by atoms with Crippen LogP contribution in [0.4, 0.5) is 9.59 Å². The second-order valence-corrected chi connectivity index (χ2v) is 5.21. The normalized spacial score (nSPS) is 19.5. The van der Waals surface area contributed by atoms with Crippen molar-refractivity contribution in [2.45, 2.75) is 18.9 Å². The highest BCUT2D eigenvalue weighted by Crippen LogP contribution is 2.21. The molecule has 0 aliphatic carbocycles. The van der Waals surface area contributed by atoms with Gasteiger partial charge < -0.3 is 19.3 Å². The molecule has 2 heterocycles. The maximum absolute atomic E-state index is 12.1. The predicted octanol–water partition coefficient (Wildman–Crippen LogP) is 2.10. The zero-order chi connectivity index (χ0) is 14.7. The Hall–Kier alpha value is -2.24. The minimum Gasteiger partial charge on any atom is -0.448 e. The number of para-hydroxylation sites is 1. The predicted molar refractivity (Wildman–Crippen MR) is 75.1 cm³/mol. The number of carbonyl (C=O) groups is 2. The summed E-state index contributed by atoms with van der Waals surface area (Å²) in [7, 11) is 0. The van der Waals surface area contributed by atoms with Crippen LogP contribution in [-0.4, -0.2) is 54.3 Å². The molecule has 2 fully saturated rings. The quantitative estimate of drug-likeness (QED) is 0.837. The summed E-state index contributed by atoms with van der Waals surface area (Å²) in [6.45, 7) is 2.31. The third kappa shape index (κ3) is 3.09. The molecule has 2 aliphatic heterocycles. The van der Waals surface area contributed by atoms with Gasteiger partial charge in [-0.3, -0.25) is 0 Å². The largest absolute Gasteiger partial charge is 0.448 e. The molecule has 1 aromatic carbocycles. The summed E-state index contributed by atoms with van der Waals surface area (Å²) >= 11 is 0. The van der Waals surface area contributed by atoms with Gasteiger partial charge in [-0.2, -0.15) is 0 Å². The lowest BCUT2D eigenvalue weighted by molar-refractivity contribution is 0.108. The number of rotatable bonds is 2. The van der Waals surface area contributed by atoms with E-state index in [1.807, 2.05) is 18.2 Å². The molecule has 2 aliphatic rings. The molecule has 21 heavy (non-hydrogen) atoms. The van der Waals surface area contributed by atoms with E-state index in [9.17, 15) is 9.59 Å². The Kier molecular flexibility index (Phi) is 3.94. The van der Waals surface area contributed by atoms with Crippen LogP contribution in [0.5, 0.6) is 5.75 Å². The molecule has 0 radical (unpaired) electrons. The summed E-state index contributed by atoms with van der Waals surface area (Å²) in [4.78, 5) is 27.0. The molecule has 112 valence electrons. The zero-order valence-corrected chi connectivity index (χ0v) is 11.7. The van der Waals surface area contributed by atoms with E-state index in [1.54, 1.807) is 21.9 Å². The summed E-state index contributed by atoms with van der Waals surface area (Å²) in [5, 5.41) is 0. The highest BCUT2D eigenvalue weighted by Gasteiger charge is 2.33. The number of piperidine rings is 1. The van der Waals surface area contributed by atoms with Crippen LogP contribution < -0.4 is 4.74 Å². The van der Waals surface area contributed by atoms with Gasteiger partial charge in [0.1, 0.15) is 12.4 Å². The number of cyclic esters (lactones) is 1. The van der Waals surface area contributed by atoms with Crippen molar-refractivity contribution in [2.75, 3.05) is 26.2 Å². The highest BCUT2D eigenvalue weighted by atomic mass is 16.6. The van der Waals surface area contributed by atoms with Crippen molar-refractivity contribution in [3.05, 3.63) is 30.3 Å². The molecule has 0 atom stereocenters. The summed E-state index contributed by atoms with van der Waals surface area (Å²) in [5.74, 6) is 0.549. The van der Waals surface area contributed by atoms with Gasteiger partial charge in [-0.05, 0) is 25.0 Å². The number of benzene rings is 1. The molecule has 2 saturated heterocycles. The van der Waals surface area contributed by atoms with Gasteiger partial charge in [0.05, 0.1) is 6.54 Å². The minimum absolute atomic E-state index is 0.167. The van der Waals surface area contributed by atoms with Gasteiger partial charge in [-0.25, -0.2) is 9.59 Å². The van der Waals surface area contributed by atoms with Crippen LogP contribution in [-0.2, 0) is 4.74 Å². The van der Waals surface area contributed by atoms with Gasteiger partial charge in [0.15, 0.2) is 0 Å². The maximum atomic E-state index is 12.1. The monoisotopic (exact) mass is 290 g/mol. The molecule has 3 rings (SSSR count). The number of carbonyl (C=O) groups excluding carboxylic acids is 2. The van der Waals surface area contributed by atoms with E-state index in [0.29, 0.717) is 32.0 Å². The van der Waals surface area contributed by atoms with Crippen LogP contribution in [0.2, 0.25) is 0 Å². The third-order valence-electron chi connectivity index (χ3n) is 3.90. The number of hydrogen-bond donors (Lipinski definition) is 0. The second kappa shape index (κ2) is 6.03. The van der Waals surface area contributed by atoms with Crippen molar-refractivity contribution in [3.8, 4) is 5.75 Å². The molecule has 0 aromatic heterocycles. The van der Waals surface area contributed by atoms with Crippen molar-refractivity contribution >= 4 is 12.2 Å². The highest BCUT2D eigenvalue weighted by molar-refractivity contribution is 5.71. The number of ether oxygens (including phenoxy) is 2. The Morgan fingerprint density at radius 2 is 1.86 bits per heavy atom. The fraction of sp³-hybridized carbons (Fsp3) is 0.467. The minimum atomic E-state index is -0.330. The third-order valence-corrected chi connectivity index (χ3v) is 3.90. The molecular weight excluding hydrogens is 272 g/mol. The average molecular weight is 290 g/mol. The molecule has 6 heteroatoms. The molecular formula is C15H18N2O4. The Bertz CT molecular complexity index is 512. The first-order valence-electron chi connectivity index (χ1n) is 7.19. The van der Waals surface area contributed by atoms with Crippen LogP contribution >= 0.6 is 0 Å². The van der Waals surface area contributed by atoms with Gasteiger partial charge >= 0.3 is 12.2 Å². The molecule has 6 nitrogen and oxygen atoms in total. The van der Waals surface area contributed by atoms with Crippen molar-refractivity contribution in [1.29, 1.82) is 0 Å². The van der Waals surface area contributed by atoms with E-state index in [0.717, 1.165) is 12.8 Å². The lowest BCUT2D eigenvalue weighted by Crippen LogP contribution is -2.47. The summed E-state index contributed by atoms with van der Waals surface area (Å²) in [6, 6.07) is 9.20. The Labute approximate surface area is 123 Å². The molecule has 0 spiro atoms. The van der Waals surface area contributed by atoms with Gasteiger partial charge in [-0.15, -0.1) is 0 Å². The fourth-order valence-corrected chi connectivity index (χ4v) is 2.75. The number of likely N-dealkylation sites (tertiary alicyclic amines) is 1. The van der Waals surface area contributed by atoms with Crippen LogP contribution in [0.3, 0.4) is 0 Å². The smallest absolute Gasteiger partial charge is 0.415 e. The van der Waals surface area contributed by atoms with E-state index in [1.165, 1.54) is 0 Å².